The lowest BCUT2D eigenvalue weighted by molar-refractivity contribution is 1.24. The van der Waals surface area contributed by atoms with Crippen molar-refractivity contribution in [3.8, 4) is 0 Å². The highest BCUT2D eigenvalue weighted by Crippen LogP contribution is 2.34. The molecule has 0 fully saturated rings. The van der Waals surface area contributed by atoms with Gasteiger partial charge < -0.3 is 4.98 Å². The number of nitrogens with zero attached hydrogens (tertiary/aromatic N) is 2. The molecule has 0 aliphatic heterocycles. The smallest absolute Gasteiger partial charge is 0.162 e. The predicted molar refractivity (Wildman–Crippen MR) is 99.6 cm³/mol. The normalized spacial score (nSPS) is 12.2. The number of fused-ring (bicyclic) bond motifs is 9. The maximum absolute atomic E-state index is 4.85. The Morgan fingerprint density at radius 3 is 2.67 bits per heavy atom. The van der Waals surface area contributed by atoms with Crippen LogP contribution < -0.4 is 0 Å². The van der Waals surface area contributed by atoms with Gasteiger partial charge in [0, 0.05) is 22.5 Å². The Morgan fingerprint density at radius 2 is 1.67 bits per heavy atom. The maximum atomic E-state index is 4.85. The molecule has 0 radical (unpaired) electrons. The molecule has 0 unspecified atom stereocenters. The van der Waals surface area contributed by atoms with Crippen molar-refractivity contribution in [2.75, 3.05) is 0 Å². The summed E-state index contributed by atoms with van der Waals surface area (Å²) in [6, 6.07) is 23.3. The first-order valence-corrected chi connectivity index (χ1v) is 8.09. The summed E-state index contributed by atoms with van der Waals surface area (Å²) in [7, 11) is 0. The highest BCUT2D eigenvalue weighted by atomic mass is 15.0. The molecule has 3 aromatic carbocycles. The Hall–Kier alpha value is -3.33. The van der Waals surface area contributed by atoms with E-state index < -0.39 is 0 Å². The van der Waals surface area contributed by atoms with E-state index in [0.29, 0.717) is 0 Å². The summed E-state index contributed by atoms with van der Waals surface area (Å²) >= 11 is 0. The van der Waals surface area contributed by atoms with Crippen molar-refractivity contribution in [2.24, 2.45) is 0 Å². The molecule has 6 aromatic rings. The quantitative estimate of drug-likeness (QED) is 0.407. The standard InChI is InChI=1S/C21H13N3/c1-2-6-14-13(5-1)9-10-17-19(14)15-11-12-24-18-8-4-3-7-16(18)23-21(24)20(15)22-17/h1-12,22H. The average Bonchev–Trinajstić information content (AvgIpc) is 3.20. The zero-order valence-electron chi connectivity index (χ0n) is 12.8. The van der Waals surface area contributed by atoms with Gasteiger partial charge in [0.05, 0.1) is 16.6 Å². The molecule has 0 saturated heterocycles. The molecule has 0 aliphatic rings. The minimum Gasteiger partial charge on any atom is -0.351 e. The summed E-state index contributed by atoms with van der Waals surface area (Å²) in [5.74, 6) is 0. The van der Waals surface area contributed by atoms with Gasteiger partial charge >= 0.3 is 0 Å². The number of aromatic amines is 1. The summed E-state index contributed by atoms with van der Waals surface area (Å²) in [6.45, 7) is 0. The number of pyridine rings is 1. The van der Waals surface area contributed by atoms with Crippen LogP contribution in [0.5, 0.6) is 0 Å². The third-order valence-electron chi connectivity index (χ3n) is 4.94. The molecule has 0 atom stereocenters. The molecule has 3 aromatic heterocycles. The molecule has 6 rings (SSSR count). The minimum atomic E-state index is 0.981. The van der Waals surface area contributed by atoms with E-state index in [9.17, 15) is 0 Å². The minimum absolute atomic E-state index is 0.981. The van der Waals surface area contributed by atoms with Crippen molar-refractivity contribution >= 4 is 49.3 Å². The third-order valence-corrected chi connectivity index (χ3v) is 4.94. The predicted octanol–water partition coefficient (Wildman–Crippen LogP) is 5.28. The highest BCUT2D eigenvalue weighted by molar-refractivity contribution is 6.22. The van der Waals surface area contributed by atoms with Crippen LogP contribution in [-0.2, 0) is 0 Å². The van der Waals surface area contributed by atoms with Crippen molar-refractivity contribution in [3.63, 3.8) is 0 Å². The van der Waals surface area contributed by atoms with Crippen molar-refractivity contribution < 1.29 is 0 Å². The van der Waals surface area contributed by atoms with Crippen LogP contribution in [0, 0.1) is 0 Å². The number of nitrogens with one attached hydrogen (secondary N) is 1. The van der Waals surface area contributed by atoms with Gasteiger partial charge in [-0.1, -0.05) is 42.5 Å². The van der Waals surface area contributed by atoms with E-state index in [0.717, 1.165) is 27.7 Å². The third kappa shape index (κ3) is 1.39. The number of hydrogen-bond donors (Lipinski definition) is 1. The van der Waals surface area contributed by atoms with Crippen molar-refractivity contribution in [1.29, 1.82) is 0 Å². The van der Waals surface area contributed by atoms with Gasteiger partial charge in [-0.2, -0.15) is 0 Å². The molecule has 0 aliphatic carbocycles. The molecule has 0 bridgehead atoms. The van der Waals surface area contributed by atoms with E-state index in [2.05, 4.69) is 76.2 Å². The van der Waals surface area contributed by atoms with Gasteiger partial charge in [0.25, 0.3) is 0 Å². The number of H-pyrrole nitrogens is 1. The van der Waals surface area contributed by atoms with Gasteiger partial charge in [-0.3, -0.25) is 4.40 Å². The lowest BCUT2D eigenvalue weighted by atomic mass is 10.0. The van der Waals surface area contributed by atoms with Crippen molar-refractivity contribution in [2.45, 2.75) is 0 Å². The first-order valence-electron chi connectivity index (χ1n) is 8.09. The molecule has 3 heteroatoms. The molecule has 3 nitrogen and oxygen atoms in total. The van der Waals surface area contributed by atoms with Crippen molar-refractivity contribution in [1.82, 2.24) is 14.4 Å². The first-order chi connectivity index (χ1) is 11.9. The SMILES string of the molecule is c1ccc2c(c1)ccc1[nH]c3c(ccn4c5ccccc5nc34)c12. The van der Waals surface area contributed by atoms with Gasteiger partial charge in [0.15, 0.2) is 5.65 Å². The van der Waals surface area contributed by atoms with Crippen molar-refractivity contribution in [3.05, 3.63) is 72.9 Å². The van der Waals surface area contributed by atoms with Crippen LogP contribution in [0.3, 0.4) is 0 Å². The van der Waals surface area contributed by atoms with Crippen LogP contribution in [-0.4, -0.2) is 14.4 Å². The van der Waals surface area contributed by atoms with E-state index >= 15 is 0 Å². The Morgan fingerprint density at radius 1 is 0.792 bits per heavy atom. The summed E-state index contributed by atoms with van der Waals surface area (Å²) in [5, 5.41) is 5.04. The van der Waals surface area contributed by atoms with E-state index in [-0.39, 0.29) is 0 Å². The zero-order chi connectivity index (χ0) is 15.7. The Kier molecular flexibility index (Phi) is 2.10. The summed E-state index contributed by atoms with van der Waals surface area (Å²) < 4.78 is 2.16. The van der Waals surface area contributed by atoms with Gasteiger partial charge in [0.1, 0.15) is 0 Å². The number of aromatic nitrogens is 3. The Labute approximate surface area is 137 Å². The molecule has 0 spiro atoms. The van der Waals surface area contributed by atoms with Gasteiger partial charge in [-0.15, -0.1) is 0 Å². The topological polar surface area (TPSA) is 33.1 Å². The maximum Gasteiger partial charge on any atom is 0.162 e. The Bertz CT molecular complexity index is 1400. The van der Waals surface area contributed by atoms with E-state index in [1.165, 1.54) is 21.5 Å². The van der Waals surface area contributed by atoms with E-state index in [1.54, 1.807) is 0 Å². The average molecular weight is 307 g/mol. The van der Waals surface area contributed by atoms with Crippen LogP contribution in [0.2, 0.25) is 0 Å². The molecule has 3 heterocycles. The second kappa shape index (κ2) is 4.15. The second-order valence-electron chi connectivity index (χ2n) is 6.23. The number of para-hydroxylation sites is 2. The largest absolute Gasteiger partial charge is 0.351 e. The lowest BCUT2D eigenvalue weighted by Crippen LogP contribution is -1.84. The first kappa shape index (κ1) is 12.1. The molecular weight excluding hydrogens is 294 g/mol. The molecule has 1 N–H and O–H groups in total. The monoisotopic (exact) mass is 307 g/mol. The number of imidazole rings is 1. The summed E-state index contributed by atoms with van der Waals surface area (Å²) in [4.78, 5) is 8.44. The molecule has 0 amide bonds. The highest BCUT2D eigenvalue weighted by Gasteiger charge is 2.13. The van der Waals surface area contributed by atoms with Crippen LogP contribution in [0.25, 0.3) is 49.3 Å². The van der Waals surface area contributed by atoms with E-state index in [1.807, 2.05) is 6.07 Å². The second-order valence-corrected chi connectivity index (χ2v) is 6.23. The number of benzene rings is 3. The molecule has 112 valence electrons. The summed E-state index contributed by atoms with van der Waals surface area (Å²) in [6.07, 6.45) is 2.13. The number of rotatable bonds is 0. The fourth-order valence-corrected chi connectivity index (χ4v) is 3.86. The van der Waals surface area contributed by atoms with Gasteiger partial charge in [0.2, 0.25) is 0 Å². The fourth-order valence-electron chi connectivity index (χ4n) is 3.86. The van der Waals surface area contributed by atoms with E-state index in [4.69, 9.17) is 4.98 Å². The molecular formula is C21H13N3. The van der Waals surface area contributed by atoms with Gasteiger partial charge in [-0.05, 0) is 35.0 Å². The van der Waals surface area contributed by atoms with Crippen LogP contribution in [0.4, 0.5) is 0 Å². The van der Waals surface area contributed by atoms with Crippen LogP contribution in [0.15, 0.2) is 72.9 Å². The Balaban J connectivity index is 1.90. The molecule has 24 heavy (non-hydrogen) atoms. The fraction of sp³-hybridized carbons (Fsp3) is 0. The van der Waals surface area contributed by atoms with Crippen LogP contribution >= 0.6 is 0 Å². The van der Waals surface area contributed by atoms with Crippen LogP contribution in [0.1, 0.15) is 0 Å². The number of hydrogen-bond acceptors (Lipinski definition) is 1. The zero-order valence-corrected chi connectivity index (χ0v) is 12.8. The summed E-state index contributed by atoms with van der Waals surface area (Å²) in [5.41, 5.74) is 5.39. The molecule has 0 saturated carbocycles. The van der Waals surface area contributed by atoms with Gasteiger partial charge in [-0.25, -0.2) is 4.98 Å². The lowest BCUT2D eigenvalue weighted by Gasteiger charge is -2.00.